The van der Waals surface area contributed by atoms with Crippen molar-refractivity contribution in [2.75, 3.05) is 17.3 Å². The van der Waals surface area contributed by atoms with Crippen molar-refractivity contribution < 1.29 is 9.90 Å². The summed E-state index contributed by atoms with van der Waals surface area (Å²) in [4.78, 5) is 22.3. The number of hydrogen-bond acceptors (Lipinski definition) is 5. The van der Waals surface area contributed by atoms with Gasteiger partial charge in [-0.15, -0.1) is 0 Å². The van der Waals surface area contributed by atoms with Gasteiger partial charge in [0.05, 0.1) is 11.3 Å². The Morgan fingerprint density at radius 2 is 1.77 bits per heavy atom. The highest BCUT2D eigenvalue weighted by atomic mass is 16.4. The predicted molar refractivity (Wildman–Crippen MR) is 102 cm³/mol. The zero-order valence-corrected chi connectivity index (χ0v) is 14.7. The molecule has 2 N–H and O–H groups in total. The Morgan fingerprint density at radius 3 is 2.50 bits per heavy atom. The zero-order valence-electron chi connectivity index (χ0n) is 14.7. The van der Waals surface area contributed by atoms with Gasteiger partial charge in [0.25, 0.3) is 0 Å². The Morgan fingerprint density at radius 1 is 1.08 bits per heavy atom. The number of carbonyl (C=O) groups is 1. The van der Waals surface area contributed by atoms with E-state index in [1.165, 1.54) is 5.56 Å². The molecule has 1 aromatic heterocycles. The van der Waals surface area contributed by atoms with Gasteiger partial charge in [-0.25, -0.2) is 14.8 Å². The summed E-state index contributed by atoms with van der Waals surface area (Å²) in [6.07, 6.45) is 0. The van der Waals surface area contributed by atoms with Crippen LogP contribution in [-0.2, 0) is 6.54 Å². The van der Waals surface area contributed by atoms with Crippen LogP contribution in [0.1, 0.15) is 21.7 Å². The first-order valence-electron chi connectivity index (χ1n) is 8.23. The maximum atomic E-state index is 11.4. The van der Waals surface area contributed by atoms with Crippen molar-refractivity contribution in [2.24, 2.45) is 0 Å². The third-order valence-electron chi connectivity index (χ3n) is 3.90. The molecule has 0 aliphatic heterocycles. The number of anilines is 3. The van der Waals surface area contributed by atoms with Crippen LogP contribution in [0.15, 0.2) is 60.7 Å². The lowest BCUT2D eigenvalue weighted by Crippen LogP contribution is -2.18. The second-order valence-corrected chi connectivity index (χ2v) is 5.98. The van der Waals surface area contributed by atoms with Crippen LogP contribution >= 0.6 is 0 Å². The quantitative estimate of drug-likeness (QED) is 0.704. The number of nitrogens with zero attached hydrogens (tertiary/aromatic N) is 3. The SMILES string of the molecule is Cc1nc(Nc2ccccc2C(=O)O)cc(N(C)Cc2ccccc2)n1. The monoisotopic (exact) mass is 348 g/mol. The number of carboxylic acid groups (broad SMARTS) is 1. The van der Waals surface area contributed by atoms with E-state index in [1.54, 1.807) is 24.3 Å². The third kappa shape index (κ3) is 4.16. The van der Waals surface area contributed by atoms with Crippen LogP contribution in [-0.4, -0.2) is 28.1 Å². The molecule has 132 valence electrons. The number of para-hydroxylation sites is 1. The molecule has 0 unspecified atom stereocenters. The molecule has 0 saturated carbocycles. The summed E-state index contributed by atoms with van der Waals surface area (Å²) in [6.45, 7) is 2.52. The second kappa shape index (κ2) is 7.65. The molecule has 3 aromatic rings. The summed E-state index contributed by atoms with van der Waals surface area (Å²) in [5.41, 5.74) is 1.87. The Kier molecular flexibility index (Phi) is 5.12. The van der Waals surface area contributed by atoms with Crippen LogP contribution in [0.2, 0.25) is 0 Å². The molecule has 0 bridgehead atoms. The van der Waals surface area contributed by atoms with E-state index in [0.717, 1.165) is 5.82 Å². The number of benzene rings is 2. The minimum Gasteiger partial charge on any atom is -0.478 e. The third-order valence-corrected chi connectivity index (χ3v) is 3.90. The zero-order chi connectivity index (χ0) is 18.5. The summed E-state index contributed by atoms with van der Waals surface area (Å²) in [5.74, 6) is 0.941. The fraction of sp³-hybridized carbons (Fsp3) is 0.150. The van der Waals surface area contributed by atoms with Gasteiger partial charge in [-0.1, -0.05) is 42.5 Å². The number of nitrogens with one attached hydrogen (secondary N) is 1. The van der Waals surface area contributed by atoms with Gasteiger partial charge in [-0.05, 0) is 24.6 Å². The van der Waals surface area contributed by atoms with Crippen LogP contribution < -0.4 is 10.2 Å². The van der Waals surface area contributed by atoms with E-state index < -0.39 is 5.97 Å². The Hall–Kier alpha value is -3.41. The lowest BCUT2D eigenvalue weighted by atomic mass is 10.2. The van der Waals surface area contributed by atoms with Crippen LogP contribution in [0.4, 0.5) is 17.3 Å². The van der Waals surface area contributed by atoms with E-state index in [9.17, 15) is 9.90 Å². The predicted octanol–water partition coefficient (Wildman–Crippen LogP) is 3.86. The van der Waals surface area contributed by atoms with Gasteiger partial charge in [0.15, 0.2) is 0 Å². The molecule has 6 heteroatoms. The maximum Gasteiger partial charge on any atom is 0.337 e. The molecule has 0 saturated heterocycles. The van der Waals surface area contributed by atoms with Gasteiger partial charge in [-0.2, -0.15) is 0 Å². The Balaban J connectivity index is 1.85. The minimum atomic E-state index is -0.986. The van der Waals surface area contributed by atoms with Gasteiger partial charge in [0.2, 0.25) is 0 Å². The summed E-state index contributed by atoms with van der Waals surface area (Å²) in [7, 11) is 1.96. The molecule has 0 radical (unpaired) electrons. The van der Waals surface area contributed by atoms with Gasteiger partial charge in [-0.3, -0.25) is 0 Å². The van der Waals surface area contributed by atoms with E-state index in [2.05, 4.69) is 27.4 Å². The van der Waals surface area contributed by atoms with Crippen molar-refractivity contribution in [1.82, 2.24) is 9.97 Å². The van der Waals surface area contributed by atoms with Gasteiger partial charge in [0.1, 0.15) is 17.5 Å². The molecule has 0 aliphatic carbocycles. The van der Waals surface area contributed by atoms with E-state index >= 15 is 0 Å². The van der Waals surface area contributed by atoms with Gasteiger partial charge >= 0.3 is 5.97 Å². The van der Waals surface area contributed by atoms with Crippen molar-refractivity contribution in [3.63, 3.8) is 0 Å². The fourth-order valence-corrected chi connectivity index (χ4v) is 2.67. The molecule has 0 aliphatic rings. The largest absolute Gasteiger partial charge is 0.478 e. The standard InChI is InChI=1S/C20H20N4O2/c1-14-21-18(23-17-11-7-6-10-16(17)20(25)26)12-19(22-14)24(2)13-15-8-4-3-5-9-15/h3-12H,13H2,1-2H3,(H,25,26)(H,21,22,23). The van der Waals surface area contributed by atoms with E-state index in [-0.39, 0.29) is 5.56 Å². The summed E-state index contributed by atoms with van der Waals surface area (Å²) in [6, 6.07) is 18.7. The lowest BCUT2D eigenvalue weighted by molar-refractivity contribution is 0.0698. The molecule has 2 aromatic carbocycles. The van der Waals surface area contributed by atoms with Crippen LogP contribution in [0.5, 0.6) is 0 Å². The molecule has 3 rings (SSSR count). The van der Waals surface area contributed by atoms with E-state index in [0.29, 0.717) is 23.9 Å². The number of aromatic carboxylic acids is 1. The highest BCUT2D eigenvalue weighted by molar-refractivity contribution is 5.95. The average molecular weight is 348 g/mol. The molecular weight excluding hydrogens is 328 g/mol. The van der Waals surface area contributed by atoms with E-state index in [1.807, 2.05) is 43.1 Å². The molecule has 0 atom stereocenters. The fourth-order valence-electron chi connectivity index (χ4n) is 2.67. The highest BCUT2D eigenvalue weighted by Gasteiger charge is 2.12. The van der Waals surface area contributed by atoms with Crippen molar-refractivity contribution in [2.45, 2.75) is 13.5 Å². The minimum absolute atomic E-state index is 0.197. The maximum absolute atomic E-state index is 11.4. The summed E-state index contributed by atoms with van der Waals surface area (Å²) < 4.78 is 0. The molecular formula is C20H20N4O2. The first-order chi connectivity index (χ1) is 12.5. The topological polar surface area (TPSA) is 78.3 Å². The Labute approximate surface area is 152 Å². The van der Waals surface area contributed by atoms with Gasteiger partial charge in [0, 0.05) is 19.7 Å². The number of aromatic nitrogens is 2. The lowest BCUT2D eigenvalue weighted by Gasteiger charge is -2.19. The van der Waals surface area contributed by atoms with Crippen LogP contribution in [0.25, 0.3) is 0 Å². The molecule has 1 heterocycles. The van der Waals surface area contributed by atoms with Crippen LogP contribution in [0.3, 0.4) is 0 Å². The normalized spacial score (nSPS) is 10.4. The van der Waals surface area contributed by atoms with Gasteiger partial charge < -0.3 is 15.3 Å². The van der Waals surface area contributed by atoms with Crippen molar-refractivity contribution >= 4 is 23.3 Å². The first-order valence-corrected chi connectivity index (χ1v) is 8.23. The number of aryl methyl sites for hydroxylation is 1. The van der Waals surface area contributed by atoms with E-state index in [4.69, 9.17) is 0 Å². The number of rotatable bonds is 6. The summed E-state index contributed by atoms with van der Waals surface area (Å²) >= 11 is 0. The molecule has 0 spiro atoms. The Bertz CT molecular complexity index is 913. The number of carboxylic acids is 1. The van der Waals surface area contributed by atoms with Crippen molar-refractivity contribution in [3.05, 3.63) is 77.6 Å². The molecule has 0 fully saturated rings. The highest BCUT2D eigenvalue weighted by Crippen LogP contribution is 2.23. The van der Waals surface area contributed by atoms with Crippen molar-refractivity contribution in [1.29, 1.82) is 0 Å². The summed E-state index contributed by atoms with van der Waals surface area (Å²) in [5, 5.41) is 12.4. The first kappa shape index (κ1) is 17.4. The smallest absolute Gasteiger partial charge is 0.337 e. The van der Waals surface area contributed by atoms with Crippen molar-refractivity contribution in [3.8, 4) is 0 Å². The number of hydrogen-bond donors (Lipinski definition) is 2. The molecule has 26 heavy (non-hydrogen) atoms. The average Bonchev–Trinajstić information content (AvgIpc) is 2.62. The van der Waals surface area contributed by atoms with Crippen LogP contribution in [0, 0.1) is 6.92 Å². The molecule has 0 amide bonds. The molecule has 6 nitrogen and oxygen atoms in total. The second-order valence-electron chi connectivity index (χ2n) is 5.98.